The Morgan fingerprint density at radius 3 is 2.27 bits per heavy atom. The highest BCUT2D eigenvalue weighted by Crippen LogP contribution is 2.34. The van der Waals surface area contributed by atoms with Gasteiger partial charge in [-0.1, -0.05) is 0 Å². The van der Waals surface area contributed by atoms with Gasteiger partial charge < -0.3 is 24.9 Å². The Hall–Kier alpha value is -3.81. The number of rotatable bonds is 9. The van der Waals surface area contributed by atoms with Crippen molar-refractivity contribution in [1.29, 1.82) is 0 Å². The number of nitrogens with zero attached hydrogens (tertiary/aromatic N) is 1. The molecule has 3 N–H and O–H groups in total. The zero-order chi connectivity index (χ0) is 21.5. The summed E-state index contributed by atoms with van der Waals surface area (Å²) in [4.78, 5) is 26.7. The number of benzene rings is 2. The third-order valence-electron chi connectivity index (χ3n) is 4.22. The number of carbonyl (C=O) groups is 2. The van der Waals surface area contributed by atoms with Crippen LogP contribution in [0.3, 0.4) is 0 Å². The van der Waals surface area contributed by atoms with Crippen LogP contribution in [0.25, 0.3) is 22.6 Å². The van der Waals surface area contributed by atoms with Crippen LogP contribution in [0.1, 0.15) is 12.8 Å². The predicted octanol–water partition coefficient (Wildman–Crippen LogP) is 2.56. The molecule has 0 saturated heterocycles. The molecule has 8 nitrogen and oxygen atoms in total. The number of methoxy groups -OCH3 is 1. The Balaban J connectivity index is 1.85. The maximum Gasteiger partial charge on any atom is 0.226 e. The Labute approximate surface area is 174 Å². The Kier molecular flexibility index (Phi) is 6.69. The minimum Gasteiger partial charge on any atom is -0.497 e. The van der Waals surface area contributed by atoms with E-state index in [1.165, 1.54) is 6.92 Å². The van der Waals surface area contributed by atoms with Gasteiger partial charge in [0, 0.05) is 18.1 Å². The first kappa shape index (κ1) is 20.9. The van der Waals surface area contributed by atoms with Crippen molar-refractivity contribution >= 4 is 11.8 Å². The van der Waals surface area contributed by atoms with Gasteiger partial charge in [-0.25, -0.2) is 4.98 Å². The van der Waals surface area contributed by atoms with Crippen LogP contribution in [0.4, 0.5) is 0 Å². The lowest BCUT2D eigenvalue weighted by atomic mass is 10.1. The largest absolute Gasteiger partial charge is 0.497 e. The Morgan fingerprint density at radius 1 is 1.03 bits per heavy atom. The SMILES string of the molecule is COc1ccc(-c2nc(CC(N)=O)oc2-c2ccc(OCCNC(C)=O)cc2)cc1. The molecule has 2 amide bonds. The van der Waals surface area contributed by atoms with Crippen LogP contribution in [0, 0.1) is 0 Å². The molecule has 0 bridgehead atoms. The van der Waals surface area contributed by atoms with E-state index in [1.54, 1.807) is 19.2 Å². The highest BCUT2D eigenvalue weighted by molar-refractivity contribution is 5.79. The van der Waals surface area contributed by atoms with Crippen molar-refractivity contribution in [2.24, 2.45) is 5.73 Å². The Bertz CT molecular complexity index is 1010. The molecule has 0 atom stereocenters. The maximum atomic E-state index is 11.3. The van der Waals surface area contributed by atoms with Crippen LogP contribution in [-0.4, -0.2) is 37.1 Å². The summed E-state index contributed by atoms with van der Waals surface area (Å²) >= 11 is 0. The average molecular weight is 409 g/mol. The van der Waals surface area contributed by atoms with Gasteiger partial charge in [0.15, 0.2) is 5.76 Å². The third-order valence-corrected chi connectivity index (χ3v) is 4.22. The zero-order valence-electron chi connectivity index (χ0n) is 16.8. The molecule has 0 aliphatic carbocycles. The highest BCUT2D eigenvalue weighted by atomic mass is 16.5. The van der Waals surface area contributed by atoms with Crippen LogP contribution < -0.4 is 20.5 Å². The van der Waals surface area contributed by atoms with E-state index in [-0.39, 0.29) is 18.2 Å². The van der Waals surface area contributed by atoms with Gasteiger partial charge in [0.25, 0.3) is 0 Å². The number of nitrogens with two attached hydrogens (primary N) is 1. The number of oxazole rings is 1. The second-order valence-corrected chi connectivity index (χ2v) is 6.51. The summed E-state index contributed by atoms with van der Waals surface area (Å²) < 4.78 is 16.7. The number of carbonyl (C=O) groups excluding carboxylic acids is 2. The molecule has 0 radical (unpaired) electrons. The van der Waals surface area contributed by atoms with Crippen molar-refractivity contribution in [3.8, 4) is 34.1 Å². The summed E-state index contributed by atoms with van der Waals surface area (Å²) in [5, 5.41) is 2.67. The smallest absolute Gasteiger partial charge is 0.226 e. The molecule has 0 aliphatic heterocycles. The van der Waals surface area contributed by atoms with Crippen molar-refractivity contribution < 1.29 is 23.5 Å². The van der Waals surface area contributed by atoms with Crippen LogP contribution in [0.5, 0.6) is 11.5 Å². The van der Waals surface area contributed by atoms with E-state index in [4.69, 9.17) is 19.6 Å². The molecule has 2 aromatic carbocycles. The second-order valence-electron chi connectivity index (χ2n) is 6.51. The topological polar surface area (TPSA) is 117 Å². The van der Waals surface area contributed by atoms with Gasteiger partial charge in [-0.2, -0.15) is 0 Å². The highest BCUT2D eigenvalue weighted by Gasteiger charge is 2.18. The van der Waals surface area contributed by atoms with Gasteiger partial charge in [-0.3, -0.25) is 9.59 Å². The summed E-state index contributed by atoms with van der Waals surface area (Å²) in [6.45, 7) is 2.25. The molecule has 8 heteroatoms. The Morgan fingerprint density at radius 2 is 1.67 bits per heavy atom. The standard InChI is InChI=1S/C22H23N3O5/c1-14(26)24-11-12-29-18-9-5-16(6-10-18)22-21(25-20(30-22)13-19(23)27)15-3-7-17(28-2)8-4-15/h3-10H,11-13H2,1-2H3,(H2,23,27)(H,24,26). The van der Waals surface area contributed by atoms with Gasteiger partial charge in [-0.05, 0) is 48.5 Å². The van der Waals surface area contributed by atoms with Gasteiger partial charge in [0.2, 0.25) is 17.7 Å². The third kappa shape index (κ3) is 5.38. The lowest BCUT2D eigenvalue weighted by molar-refractivity contribution is -0.119. The first-order chi connectivity index (χ1) is 14.5. The van der Waals surface area contributed by atoms with E-state index in [9.17, 15) is 9.59 Å². The van der Waals surface area contributed by atoms with Gasteiger partial charge in [-0.15, -0.1) is 0 Å². The molecule has 1 aromatic heterocycles. The number of hydrogen-bond donors (Lipinski definition) is 2. The number of amides is 2. The minimum atomic E-state index is -0.521. The summed E-state index contributed by atoms with van der Waals surface area (Å²) in [7, 11) is 1.60. The van der Waals surface area contributed by atoms with Gasteiger partial charge in [0.1, 0.15) is 30.2 Å². The lowest BCUT2D eigenvalue weighted by Crippen LogP contribution is -2.25. The van der Waals surface area contributed by atoms with Gasteiger partial charge >= 0.3 is 0 Å². The number of nitrogens with one attached hydrogen (secondary N) is 1. The summed E-state index contributed by atoms with van der Waals surface area (Å²) in [6.07, 6.45) is -0.0898. The van der Waals surface area contributed by atoms with Gasteiger partial charge in [0.05, 0.1) is 13.7 Å². The molecular weight excluding hydrogens is 386 g/mol. The lowest BCUT2D eigenvalue weighted by Gasteiger charge is -2.08. The zero-order valence-corrected chi connectivity index (χ0v) is 16.8. The van der Waals surface area contributed by atoms with E-state index in [0.717, 1.165) is 16.9 Å². The molecule has 0 aliphatic rings. The van der Waals surface area contributed by atoms with E-state index < -0.39 is 5.91 Å². The van der Waals surface area contributed by atoms with E-state index in [0.29, 0.717) is 30.4 Å². The monoisotopic (exact) mass is 409 g/mol. The van der Waals surface area contributed by atoms with Crippen LogP contribution in [0.2, 0.25) is 0 Å². The second kappa shape index (κ2) is 9.60. The normalized spacial score (nSPS) is 10.5. The fraction of sp³-hybridized carbons (Fsp3) is 0.227. The quantitative estimate of drug-likeness (QED) is 0.525. The van der Waals surface area contributed by atoms with Crippen molar-refractivity contribution in [3.05, 3.63) is 54.4 Å². The average Bonchev–Trinajstić information content (AvgIpc) is 3.14. The number of hydrogen-bond acceptors (Lipinski definition) is 6. The predicted molar refractivity (Wildman–Crippen MR) is 111 cm³/mol. The molecule has 0 unspecified atom stereocenters. The van der Waals surface area contributed by atoms with Crippen molar-refractivity contribution in [2.75, 3.05) is 20.3 Å². The first-order valence-corrected chi connectivity index (χ1v) is 9.36. The summed E-state index contributed by atoms with van der Waals surface area (Å²) in [6, 6.07) is 14.7. The molecule has 3 rings (SSSR count). The van der Waals surface area contributed by atoms with Crippen LogP contribution >= 0.6 is 0 Å². The summed E-state index contributed by atoms with van der Waals surface area (Å²) in [5.74, 6) is 1.54. The number of aromatic nitrogens is 1. The molecular formula is C22H23N3O5. The first-order valence-electron chi connectivity index (χ1n) is 9.36. The van der Waals surface area contributed by atoms with Crippen molar-refractivity contribution in [3.63, 3.8) is 0 Å². The van der Waals surface area contributed by atoms with E-state index in [2.05, 4.69) is 10.3 Å². The van der Waals surface area contributed by atoms with Crippen molar-refractivity contribution in [2.45, 2.75) is 13.3 Å². The molecule has 30 heavy (non-hydrogen) atoms. The van der Waals surface area contributed by atoms with E-state index >= 15 is 0 Å². The molecule has 0 saturated carbocycles. The van der Waals surface area contributed by atoms with Crippen molar-refractivity contribution in [1.82, 2.24) is 10.3 Å². The number of primary amides is 1. The molecule has 0 fully saturated rings. The van der Waals surface area contributed by atoms with Crippen LogP contribution in [0.15, 0.2) is 52.9 Å². The van der Waals surface area contributed by atoms with Crippen LogP contribution in [-0.2, 0) is 16.0 Å². The minimum absolute atomic E-state index is 0.0898. The molecule has 0 spiro atoms. The van der Waals surface area contributed by atoms with E-state index in [1.807, 2.05) is 36.4 Å². The maximum absolute atomic E-state index is 11.3. The fourth-order valence-corrected chi connectivity index (χ4v) is 2.83. The number of ether oxygens (including phenoxy) is 2. The molecule has 156 valence electrons. The molecule has 1 heterocycles. The fourth-order valence-electron chi connectivity index (χ4n) is 2.83. The summed E-state index contributed by atoms with van der Waals surface area (Å²) in [5.41, 5.74) is 7.50. The molecule has 3 aromatic rings.